The van der Waals surface area contributed by atoms with Gasteiger partial charge in [0, 0.05) is 103 Å². The number of piperazine rings is 1. The van der Waals surface area contributed by atoms with Gasteiger partial charge in [0.05, 0.1) is 88.9 Å². The van der Waals surface area contributed by atoms with E-state index < -0.39 is 141 Å². The standard InChI is InChI=1S/C23H29F2N5O4.C22H25F2N5O4.C21H25F2N5O4/c1-10-8-30-18-14(6-15(16(24)17(18)25)29-5-4-13(9-29)11(2)26)7-23(19(30)12(3)34-10)20(31)27-22(33)28-21(23)32;1-8-5-29-17-10(3-13(14(23)15(17)24)28-6-11-12(7-28)16(11)25)4-22(18(29)9(2)33-8)19(30)26-21(32)27-20(22)31;1-10-9-28-16-12(7-13(14(22)15(16)23)27-5-3-24-4-6-27)8-21(17(28)11(2)32-10)18(29)25-20(31)26-19(21)30/h6,10-13,19H,4-5,7-9,26H2,1-3H3,(H2,27,28,31,32,33);3,8-9,11-12,16,18H,4-7,25H2,1-2H3,(H2,26,27,30,31,32);7,10-11,17,24H,3-6,8-9H2,1-2H3,(H2,25,26,29,30,31)/t10-,11-,12+,13?,19-;8-,9+,11-,12+,16?,18-;10-,11+,17-/m111/s1. The maximum Gasteiger partial charge on any atom is 0.328 e. The molecule has 14 atom stereocenters. The molecule has 0 aromatic heterocycles. The average molecular weight is 1390 g/mol. The number of morpholine rings is 3. The summed E-state index contributed by atoms with van der Waals surface area (Å²) in [7, 11) is 0. The molecule has 2 unspecified atom stereocenters. The second kappa shape index (κ2) is 24.5. The Kier molecular flexibility index (Phi) is 16.8. The van der Waals surface area contributed by atoms with E-state index in [0.717, 1.165) is 6.42 Å². The lowest BCUT2D eigenvalue weighted by Gasteiger charge is -2.55. The van der Waals surface area contributed by atoms with E-state index in [1.54, 1.807) is 83.1 Å². The second-order valence-corrected chi connectivity index (χ2v) is 28.9. The number of hydrogen-bond donors (Lipinski definition) is 9. The third-order valence-corrected chi connectivity index (χ3v) is 22.7. The molecule has 99 heavy (non-hydrogen) atoms. The zero-order valence-electron chi connectivity index (χ0n) is 55.4. The Morgan fingerprint density at radius 3 is 1.07 bits per heavy atom. The lowest BCUT2D eigenvalue weighted by atomic mass is 9.66. The minimum Gasteiger partial charge on any atom is -0.372 e. The summed E-state index contributed by atoms with van der Waals surface area (Å²) in [6.45, 7) is 17.2. The van der Waals surface area contributed by atoms with Crippen LogP contribution in [0.1, 0.15) is 71.6 Å². The van der Waals surface area contributed by atoms with Crippen LogP contribution in [-0.4, -0.2) is 192 Å². The van der Waals surface area contributed by atoms with Gasteiger partial charge in [-0.25, -0.2) is 40.7 Å². The van der Waals surface area contributed by atoms with Crippen molar-refractivity contribution in [2.75, 3.05) is 101 Å². The molecule has 9 saturated heterocycles. The molecule has 16 rings (SSSR count). The molecule has 11 N–H and O–H groups in total. The van der Waals surface area contributed by atoms with E-state index in [0.29, 0.717) is 69.0 Å². The largest absolute Gasteiger partial charge is 0.372 e. The fraction of sp³-hybridized carbons (Fsp3) is 0.591. The minimum atomic E-state index is -1.73. The first-order chi connectivity index (χ1) is 46.9. The van der Waals surface area contributed by atoms with Crippen molar-refractivity contribution in [2.45, 2.75) is 141 Å². The number of nitrogens with zero attached hydrogens (tertiary/aromatic N) is 6. The number of urea groups is 3. The van der Waals surface area contributed by atoms with E-state index in [1.807, 2.05) is 6.92 Å². The van der Waals surface area contributed by atoms with Crippen molar-refractivity contribution in [3.8, 4) is 0 Å². The highest BCUT2D eigenvalue weighted by atomic mass is 19.2. The summed E-state index contributed by atoms with van der Waals surface area (Å²) in [5, 5.41) is 16.3. The molecule has 12 heterocycles. The lowest BCUT2D eigenvalue weighted by molar-refractivity contribution is -0.154. The Morgan fingerprint density at radius 1 is 0.444 bits per heavy atom. The maximum absolute atomic E-state index is 15.7. The van der Waals surface area contributed by atoms with Crippen molar-refractivity contribution in [2.24, 2.45) is 45.5 Å². The SMILES string of the molecule is C[C@@H]1CN2c3c(cc(N4CCC([C@@H](C)N)C4)c(F)c3F)CC3(C(=O)NC(=O)NC3=O)[C@H]2[C@H](C)O1.C[C@@H]1CN2c3c(cc(N4CCNCC4)c(F)c3F)CC3(C(=O)NC(=O)NC3=O)[C@H]2[C@H](C)O1.C[C@@H]1CN2c3c(cc(N4C[C@@H]5C(N)[C@@H]5C4)c(F)c3F)CC3(C(=O)NC(=O)NC3=O)[C@H]2[C@H](C)O1. The first-order valence-corrected chi connectivity index (χ1v) is 33.7. The van der Waals surface area contributed by atoms with Crippen molar-refractivity contribution in [3.63, 3.8) is 0 Å². The fourth-order valence-electron chi connectivity index (χ4n) is 18.4. The number of halogens is 6. The molecule has 13 aliphatic rings. The summed E-state index contributed by atoms with van der Waals surface area (Å²) >= 11 is 0. The number of nitrogens with one attached hydrogen (secondary N) is 7. The molecule has 3 aromatic carbocycles. The number of hydrogen-bond acceptors (Lipinski definition) is 21. The van der Waals surface area contributed by atoms with Gasteiger partial charge in [0.2, 0.25) is 35.4 Å². The number of rotatable bonds is 4. The maximum atomic E-state index is 15.7. The van der Waals surface area contributed by atoms with Gasteiger partial charge in [-0.3, -0.25) is 60.7 Å². The van der Waals surface area contributed by atoms with Gasteiger partial charge in [-0.05, 0) is 108 Å². The Balaban J connectivity index is 0.000000127. The van der Waals surface area contributed by atoms with Crippen LogP contribution < -0.4 is 78.1 Å². The van der Waals surface area contributed by atoms with Crippen LogP contribution in [-0.2, 0) is 62.2 Å². The molecule has 12 aliphatic heterocycles. The van der Waals surface area contributed by atoms with Crippen molar-refractivity contribution in [1.29, 1.82) is 0 Å². The number of carbonyl (C=O) groups is 9. The highest BCUT2D eigenvalue weighted by molar-refractivity contribution is 6.22. The van der Waals surface area contributed by atoms with Gasteiger partial charge in [0.15, 0.2) is 51.1 Å². The van der Waals surface area contributed by atoms with Crippen LogP contribution in [0.25, 0.3) is 0 Å². The van der Waals surface area contributed by atoms with Gasteiger partial charge in [0.25, 0.3) is 0 Å². The number of piperidine rings is 1. The Bertz CT molecular complexity index is 3920. The first kappa shape index (κ1) is 67.8. The van der Waals surface area contributed by atoms with Crippen LogP contribution in [0.2, 0.25) is 0 Å². The van der Waals surface area contributed by atoms with Crippen molar-refractivity contribution in [3.05, 3.63) is 69.8 Å². The lowest BCUT2D eigenvalue weighted by Crippen LogP contribution is -2.75. The minimum absolute atomic E-state index is 0.0410. The molecule has 27 nitrogen and oxygen atoms in total. The Hall–Kier alpha value is -8.37. The molecule has 10 fully saturated rings. The van der Waals surface area contributed by atoms with Crippen LogP contribution in [0.3, 0.4) is 0 Å². The summed E-state index contributed by atoms with van der Waals surface area (Å²) in [6.07, 6.45) is -2.77. The molecule has 3 spiro atoms. The van der Waals surface area contributed by atoms with Crippen LogP contribution in [0, 0.1) is 68.9 Å². The van der Waals surface area contributed by atoms with E-state index in [-0.39, 0.29) is 121 Å². The third kappa shape index (κ3) is 10.5. The van der Waals surface area contributed by atoms with Gasteiger partial charge in [-0.15, -0.1) is 0 Å². The van der Waals surface area contributed by atoms with E-state index >= 15 is 26.3 Å². The number of benzene rings is 3. The quantitative estimate of drug-likeness (QED) is 0.132. The predicted molar refractivity (Wildman–Crippen MR) is 342 cm³/mol. The van der Waals surface area contributed by atoms with Gasteiger partial charge >= 0.3 is 18.1 Å². The van der Waals surface area contributed by atoms with Crippen LogP contribution in [0.5, 0.6) is 0 Å². The van der Waals surface area contributed by atoms with E-state index in [1.165, 1.54) is 6.07 Å². The number of ether oxygens (including phenoxy) is 3. The molecule has 0 bridgehead atoms. The van der Waals surface area contributed by atoms with Crippen LogP contribution >= 0.6 is 0 Å². The van der Waals surface area contributed by atoms with Gasteiger partial charge in [-0.2, -0.15) is 0 Å². The van der Waals surface area contributed by atoms with Crippen molar-refractivity contribution in [1.82, 2.24) is 37.2 Å². The zero-order chi connectivity index (χ0) is 70.7. The number of fused-ring (bicyclic) bond motifs is 13. The molecule has 0 radical (unpaired) electrons. The highest BCUT2D eigenvalue weighted by Gasteiger charge is 2.67. The Morgan fingerprint density at radius 2 is 0.758 bits per heavy atom. The van der Waals surface area contributed by atoms with E-state index in [2.05, 4.69) is 37.2 Å². The molecule has 33 heteroatoms. The molecule has 1 saturated carbocycles. The zero-order valence-corrected chi connectivity index (χ0v) is 55.4. The Labute approximate surface area is 564 Å². The van der Waals surface area contributed by atoms with Crippen molar-refractivity contribution >= 4 is 87.7 Å². The van der Waals surface area contributed by atoms with E-state index in [9.17, 15) is 43.2 Å². The summed E-state index contributed by atoms with van der Waals surface area (Å²) in [5.41, 5.74) is 8.35. The first-order valence-electron chi connectivity index (χ1n) is 33.7. The predicted octanol–water partition coefficient (Wildman–Crippen LogP) is 1.54. The number of barbiturate groups is 3. The topological polar surface area (TPSA) is 337 Å². The number of imide groups is 6. The molecule has 1 aliphatic carbocycles. The number of anilines is 6. The van der Waals surface area contributed by atoms with Crippen LogP contribution in [0.4, 0.5) is 74.9 Å². The normalized spacial score (nSPS) is 32.3. The van der Waals surface area contributed by atoms with Gasteiger partial charge in [0.1, 0.15) is 0 Å². The van der Waals surface area contributed by atoms with Crippen LogP contribution in [0.15, 0.2) is 18.2 Å². The third-order valence-electron chi connectivity index (χ3n) is 22.7. The molecular weight excluding hydrogens is 1310 g/mol. The van der Waals surface area contributed by atoms with Gasteiger partial charge < -0.3 is 60.4 Å². The van der Waals surface area contributed by atoms with Gasteiger partial charge in [-0.1, -0.05) is 0 Å². The molecule has 3 aromatic rings. The number of nitrogens with two attached hydrogens (primary N) is 2. The summed E-state index contributed by atoms with van der Waals surface area (Å²) in [5.74, 6) is -9.75. The average Bonchev–Trinajstić information content (AvgIpc) is 1.18. The highest BCUT2D eigenvalue weighted by Crippen LogP contribution is 2.54. The summed E-state index contributed by atoms with van der Waals surface area (Å²) < 4.78 is 111. The fourth-order valence-corrected chi connectivity index (χ4v) is 18.4. The molecule has 12 amide bonds. The van der Waals surface area contributed by atoms with Crippen molar-refractivity contribution < 1.29 is 83.7 Å². The molecule has 532 valence electrons. The smallest absolute Gasteiger partial charge is 0.328 e. The second-order valence-electron chi connectivity index (χ2n) is 28.9. The monoisotopic (exact) mass is 1390 g/mol. The summed E-state index contributed by atoms with van der Waals surface area (Å²) in [4.78, 5) is 125. The summed E-state index contributed by atoms with van der Waals surface area (Å²) in [6, 6.07) is -0.789. The van der Waals surface area contributed by atoms with E-state index in [4.69, 9.17) is 25.7 Å². The number of amides is 12. The number of carbonyl (C=O) groups excluding carboxylic acids is 9. The molecular formula is C66H79F6N15O12.